The van der Waals surface area contributed by atoms with Gasteiger partial charge in [-0.3, -0.25) is 0 Å². The first-order valence-electron chi connectivity index (χ1n) is 9.99. The van der Waals surface area contributed by atoms with Crippen LogP contribution in [-0.2, 0) is 23.7 Å². The van der Waals surface area contributed by atoms with Gasteiger partial charge in [0.2, 0.25) is 0 Å². The van der Waals surface area contributed by atoms with Crippen molar-refractivity contribution in [2.45, 2.75) is 86.0 Å². The molecule has 3 fully saturated rings. The fraction of sp³-hybridized carbons (Fsp3) is 1.00. The average molecular weight is 474 g/mol. The molecule has 0 aromatic carbocycles. The van der Waals surface area contributed by atoms with Crippen LogP contribution in [0.15, 0.2) is 0 Å². The summed E-state index contributed by atoms with van der Waals surface area (Å²) in [5, 5.41) is 98.8. The van der Waals surface area contributed by atoms with Gasteiger partial charge >= 0.3 is 0 Å². The van der Waals surface area contributed by atoms with Crippen LogP contribution in [-0.4, -0.2) is 157 Å². The van der Waals surface area contributed by atoms with Crippen molar-refractivity contribution in [3.63, 3.8) is 0 Å². The van der Waals surface area contributed by atoms with E-state index in [1.54, 1.807) is 0 Å². The van der Waals surface area contributed by atoms with Crippen LogP contribution in [0, 0.1) is 0 Å². The van der Waals surface area contributed by atoms with E-state index in [9.17, 15) is 51.1 Å². The number of ether oxygens (including phenoxy) is 5. The number of rotatable bonds is 6. The Morgan fingerprint density at radius 3 is 1.84 bits per heavy atom. The number of hydrogen-bond donors (Lipinski definition) is 10. The lowest BCUT2D eigenvalue weighted by molar-refractivity contribution is -0.355. The fourth-order valence-corrected chi connectivity index (χ4v) is 3.67. The Morgan fingerprint density at radius 1 is 0.656 bits per heavy atom. The van der Waals surface area contributed by atoms with Crippen molar-refractivity contribution in [1.82, 2.24) is 0 Å². The topological polar surface area (TPSA) is 248 Å². The molecule has 0 bridgehead atoms. The van der Waals surface area contributed by atoms with E-state index in [0.29, 0.717) is 0 Å². The van der Waals surface area contributed by atoms with Crippen molar-refractivity contribution in [2.75, 3.05) is 19.8 Å². The summed E-state index contributed by atoms with van der Waals surface area (Å²) >= 11 is 0. The Balaban J connectivity index is 1.64. The summed E-state index contributed by atoms with van der Waals surface area (Å²) in [6, 6.07) is 0. The molecule has 0 amide bonds. The zero-order valence-electron chi connectivity index (χ0n) is 16.7. The summed E-state index contributed by atoms with van der Waals surface area (Å²) in [4.78, 5) is 0. The van der Waals surface area contributed by atoms with Gasteiger partial charge in [-0.25, -0.2) is 0 Å². The van der Waals surface area contributed by atoms with Crippen molar-refractivity contribution < 1.29 is 74.7 Å². The predicted molar refractivity (Wildman–Crippen MR) is 95.2 cm³/mol. The van der Waals surface area contributed by atoms with Crippen molar-refractivity contribution in [3.8, 4) is 0 Å². The minimum absolute atomic E-state index is 0.388. The van der Waals surface area contributed by atoms with Crippen LogP contribution in [0.4, 0.5) is 0 Å². The van der Waals surface area contributed by atoms with Crippen molar-refractivity contribution >= 4 is 0 Å². The molecule has 14 atom stereocenters. The molecule has 3 aliphatic rings. The van der Waals surface area contributed by atoms with Crippen LogP contribution in [0.2, 0.25) is 0 Å². The third-order valence-corrected chi connectivity index (χ3v) is 5.68. The second-order valence-corrected chi connectivity index (χ2v) is 7.93. The fourth-order valence-electron chi connectivity index (χ4n) is 3.67. The molecule has 0 unspecified atom stereocenters. The summed E-state index contributed by atoms with van der Waals surface area (Å²) in [6.45, 7) is -1.65. The Labute approximate surface area is 181 Å². The Kier molecular flexibility index (Phi) is 8.75. The molecule has 188 valence electrons. The molecule has 0 spiro atoms. The van der Waals surface area contributed by atoms with Gasteiger partial charge in [0.15, 0.2) is 18.9 Å². The lowest BCUT2D eigenvalue weighted by Crippen LogP contribution is -2.63. The maximum atomic E-state index is 10.2. The first-order chi connectivity index (χ1) is 15.1. The largest absolute Gasteiger partial charge is 0.394 e. The molecule has 3 aliphatic heterocycles. The van der Waals surface area contributed by atoms with Gasteiger partial charge in [0.25, 0.3) is 0 Å². The van der Waals surface area contributed by atoms with E-state index in [-0.39, 0.29) is 6.61 Å². The quantitative estimate of drug-likeness (QED) is 0.172. The Bertz CT molecular complexity index is 594. The molecule has 15 nitrogen and oxygen atoms in total. The van der Waals surface area contributed by atoms with Crippen molar-refractivity contribution in [1.29, 1.82) is 0 Å². The zero-order valence-corrected chi connectivity index (χ0v) is 16.7. The van der Waals surface area contributed by atoms with Gasteiger partial charge in [-0.05, 0) is 0 Å². The molecule has 15 heteroatoms. The number of aliphatic hydroxyl groups is 10. The molecular formula is C17H30O15. The molecule has 0 aromatic heterocycles. The first kappa shape index (κ1) is 26.0. The first-order valence-corrected chi connectivity index (χ1v) is 9.99. The summed E-state index contributed by atoms with van der Waals surface area (Å²) in [7, 11) is 0. The highest BCUT2D eigenvalue weighted by atomic mass is 16.7. The highest BCUT2D eigenvalue weighted by Crippen LogP contribution is 2.28. The SMILES string of the molecule is OC[C@H]1O[C@@H](OC[C@H]2O[C@@H](O[C@@H]3[C@@H](O)[C@@H](O)OC[C@@H]3O)[C@H](O)[C@@H](O)[C@H]2O)[C@H](O)[C@@H](O)[C@H]1O. The molecule has 32 heavy (non-hydrogen) atoms. The molecule has 3 saturated heterocycles. The maximum absolute atomic E-state index is 10.2. The van der Waals surface area contributed by atoms with E-state index in [2.05, 4.69) is 0 Å². The van der Waals surface area contributed by atoms with Crippen LogP contribution in [0.25, 0.3) is 0 Å². The molecule has 0 radical (unpaired) electrons. The van der Waals surface area contributed by atoms with Gasteiger partial charge in [0.05, 0.1) is 19.8 Å². The minimum atomic E-state index is -1.81. The highest BCUT2D eigenvalue weighted by Gasteiger charge is 2.49. The van der Waals surface area contributed by atoms with Gasteiger partial charge in [-0.15, -0.1) is 0 Å². The highest BCUT2D eigenvalue weighted by molar-refractivity contribution is 4.93. The smallest absolute Gasteiger partial charge is 0.187 e. The summed E-state index contributed by atoms with van der Waals surface area (Å²) in [5.74, 6) is 0. The summed E-state index contributed by atoms with van der Waals surface area (Å²) < 4.78 is 25.9. The van der Waals surface area contributed by atoms with Crippen LogP contribution >= 0.6 is 0 Å². The molecule has 10 N–H and O–H groups in total. The molecular weight excluding hydrogens is 444 g/mol. The lowest BCUT2D eigenvalue weighted by atomic mass is 9.98. The Morgan fingerprint density at radius 2 is 1.22 bits per heavy atom. The average Bonchev–Trinajstić information content (AvgIpc) is 2.78. The van der Waals surface area contributed by atoms with Crippen LogP contribution in [0.3, 0.4) is 0 Å². The Hall–Kier alpha value is -0.600. The van der Waals surface area contributed by atoms with Gasteiger partial charge in [-0.2, -0.15) is 0 Å². The van der Waals surface area contributed by atoms with E-state index < -0.39 is 99.2 Å². The molecule has 0 saturated carbocycles. The second-order valence-electron chi connectivity index (χ2n) is 7.93. The van der Waals surface area contributed by atoms with Crippen molar-refractivity contribution in [3.05, 3.63) is 0 Å². The predicted octanol–water partition coefficient (Wildman–Crippen LogP) is -6.93. The van der Waals surface area contributed by atoms with E-state index in [1.165, 1.54) is 0 Å². The van der Waals surface area contributed by atoms with Crippen LogP contribution < -0.4 is 0 Å². The molecule has 0 aromatic rings. The van der Waals surface area contributed by atoms with Gasteiger partial charge in [-0.1, -0.05) is 0 Å². The van der Waals surface area contributed by atoms with Crippen LogP contribution in [0.5, 0.6) is 0 Å². The zero-order chi connectivity index (χ0) is 23.7. The van der Waals surface area contributed by atoms with E-state index >= 15 is 0 Å². The van der Waals surface area contributed by atoms with E-state index in [1.807, 2.05) is 0 Å². The van der Waals surface area contributed by atoms with E-state index in [4.69, 9.17) is 23.7 Å². The third kappa shape index (κ3) is 5.22. The van der Waals surface area contributed by atoms with Gasteiger partial charge in [0, 0.05) is 0 Å². The van der Waals surface area contributed by atoms with E-state index in [0.717, 1.165) is 0 Å². The number of aliphatic hydroxyl groups excluding tert-OH is 10. The monoisotopic (exact) mass is 474 g/mol. The standard InChI is InChI=1S/C17H30O15/c18-1-5-7(20)9(22)11(24)16(30-5)29-3-6-8(21)10(23)12(25)17(31-6)32-14-4(19)2-28-15(27)13(14)26/h4-27H,1-3H2/t4-,5+,6+,7-,8-,9-,10-,11+,12+,13+,14-,15-,16+,17-/m0/s1. The molecule has 3 heterocycles. The van der Waals surface area contributed by atoms with Gasteiger partial charge in [0.1, 0.15) is 67.1 Å². The third-order valence-electron chi connectivity index (χ3n) is 5.68. The van der Waals surface area contributed by atoms with Gasteiger partial charge < -0.3 is 74.7 Å². The molecule has 3 rings (SSSR count). The van der Waals surface area contributed by atoms with Crippen LogP contribution in [0.1, 0.15) is 0 Å². The minimum Gasteiger partial charge on any atom is -0.394 e. The summed E-state index contributed by atoms with van der Waals surface area (Å²) in [5.41, 5.74) is 0. The lowest BCUT2D eigenvalue weighted by Gasteiger charge is -2.44. The maximum Gasteiger partial charge on any atom is 0.187 e. The second kappa shape index (κ2) is 10.8. The normalized spacial score (nSPS) is 52.7. The van der Waals surface area contributed by atoms with Crippen molar-refractivity contribution in [2.24, 2.45) is 0 Å². The summed E-state index contributed by atoms with van der Waals surface area (Å²) in [6.07, 6.45) is -22.4. The molecule has 0 aliphatic carbocycles. The number of hydrogen-bond acceptors (Lipinski definition) is 15.